The van der Waals surface area contributed by atoms with E-state index >= 15 is 0 Å². The molecule has 0 bridgehead atoms. The van der Waals surface area contributed by atoms with E-state index < -0.39 is 0 Å². The van der Waals surface area contributed by atoms with E-state index in [1.54, 1.807) is 0 Å². The van der Waals surface area contributed by atoms with E-state index in [0.29, 0.717) is 0 Å². The lowest BCUT2D eigenvalue weighted by Crippen LogP contribution is -2.12. The number of nitrogens with zero attached hydrogens (tertiary/aromatic N) is 1. The fraction of sp³-hybridized carbons (Fsp3) is 0. The van der Waals surface area contributed by atoms with E-state index in [2.05, 4.69) is 217 Å². The van der Waals surface area contributed by atoms with Crippen LogP contribution in [0.3, 0.4) is 0 Å². The first-order valence-electron chi connectivity index (χ1n) is 18.4. The average molecular weight is 690 g/mol. The second-order valence-corrected chi connectivity index (χ2v) is 13.6. The summed E-state index contributed by atoms with van der Waals surface area (Å²) in [5.74, 6) is 0. The maximum atomic E-state index is 6.89. The van der Waals surface area contributed by atoms with E-state index in [1.807, 2.05) is 0 Å². The van der Waals surface area contributed by atoms with Crippen LogP contribution < -0.4 is 4.90 Å². The Labute approximate surface area is 314 Å². The van der Waals surface area contributed by atoms with Crippen LogP contribution in [0, 0.1) is 0 Å². The van der Waals surface area contributed by atoms with Crippen LogP contribution in [0.25, 0.3) is 77.2 Å². The van der Waals surface area contributed by atoms with Crippen LogP contribution in [0.5, 0.6) is 0 Å². The van der Waals surface area contributed by atoms with E-state index in [9.17, 15) is 0 Å². The van der Waals surface area contributed by atoms with Crippen molar-refractivity contribution in [2.24, 2.45) is 0 Å². The Morgan fingerprint density at radius 2 is 0.889 bits per heavy atom. The Kier molecular flexibility index (Phi) is 7.85. The van der Waals surface area contributed by atoms with Crippen LogP contribution in [0.2, 0.25) is 0 Å². The fourth-order valence-corrected chi connectivity index (χ4v) is 7.99. The minimum Gasteiger partial charge on any atom is -0.455 e. The van der Waals surface area contributed by atoms with Crippen LogP contribution >= 0.6 is 0 Å². The molecule has 0 saturated carbocycles. The molecule has 0 amide bonds. The van der Waals surface area contributed by atoms with E-state index in [0.717, 1.165) is 55.7 Å². The maximum Gasteiger partial charge on any atom is 0.145 e. The summed E-state index contributed by atoms with van der Waals surface area (Å²) in [7, 11) is 0. The van der Waals surface area contributed by atoms with E-state index in [1.165, 1.54) is 38.6 Å². The van der Waals surface area contributed by atoms with Crippen LogP contribution in [-0.4, -0.2) is 0 Å². The number of anilines is 3. The highest BCUT2D eigenvalue weighted by molar-refractivity contribution is 6.19. The minimum absolute atomic E-state index is 0.864. The molecule has 254 valence electrons. The van der Waals surface area contributed by atoms with Gasteiger partial charge in [0.25, 0.3) is 0 Å². The van der Waals surface area contributed by atoms with Crippen molar-refractivity contribution in [2.75, 3.05) is 4.90 Å². The first kappa shape index (κ1) is 31.6. The van der Waals surface area contributed by atoms with Crippen molar-refractivity contribution in [3.05, 3.63) is 212 Å². The van der Waals surface area contributed by atoms with E-state index in [4.69, 9.17) is 4.42 Å². The molecule has 0 atom stereocenters. The second kappa shape index (κ2) is 13.4. The normalized spacial score (nSPS) is 11.3. The quantitative estimate of drug-likeness (QED) is 0.166. The number of rotatable bonds is 7. The molecule has 1 aromatic heterocycles. The Balaban J connectivity index is 1.26. The summed E-state index contributed by atoms with van der Waals surface area (Å²) in [5, 5.41) is 4.56. The number of fused-ring (bicyclic) bond motifs is 4. The summed E-state index contributed by atoms with van der Waals surface area (Å²) in [4.78, 5) is 2.42. The van der Waals surface area contributed by atoms with Gasteiger partial charge in [-0.25, -0.2) is 0 Å². The summed E-state index contributed by atoms with van der Waals surface area (Å²) in [6.07, 6.45) is 0. The molecule has 0 unspecified atom stereocenters. The number of hydrogen-bond acceptors (Lipinski definition) is 2. The lowest BCUT2D eigenvalue weighted by molar-refractivity contribution is 0.670. The minimum atomic E-state index is 0.864. The van der Waals surface area contributed by atoms with Gasteiger partial charge in [-0.3, -0.25) is 0 Å². The molecule has 2 heteroatoms. The summed E-state index contributed by atoms with van der Waals surface area (Å²) in [6.45, 7) is 0. The van der Waals surface area contributed by atoms with Gasteiger partial charge >= 0.3 is 0 Å². The zero-order valence-electron chi connectivity index (χ0n) is 29.6. The van der Waals surface area contributed by atoms with Gasteiger partial charge in [0.05, 0.1) is 16.8 Å². The van der Waals surface area contributed by atoms with Gasteiger partial charge in [-0.1, -0.05) is 176 Å². The highest BCUT2D eigenvalue weighted by Gasteiger charge is 2.25. The number of furan rings is 1. The van der Waals surface area contributed by atoms with Crippen molar-refractivity contribution < 1.29 is 4.42 Å². The monoisotopic (exact) mass is 689 g/mol. The largest absolute Gasteiger partial charge is 0.455 e. The molecule has 0 spiro atoms. The molecule has 0 N–H and O–H groups in total. The molecule has 0 radical (unpaired) electrons. The van der Waals surface area contributed by atoms with Crippen LogP contribution in [0.1, 0.15) is 0 Å². The molecule has 0 aliphatic rings. The van der Waals surface area contributed by atoms with Crippen molar-refractivity contribution in [1.29, 1.82) is 0 Å². The Hall–Kier alpha value is -7.16. The molecule has 54 heavy (non-hydrogen) atoms. The van der Waals surface area contributed by atoms with Gasteiger partial charge in [0, 0.05) is 22.2 Å². The molecule has 0 aliphatic heterocycles. The first-order valence-corrected chi connectivity index (χ1v) is 18.4. The molecule has 9 aromatic carbocycles. The van der Waals surface area contributed by atoms with Crippen molar-refractivity contribution in [1.82, 2.24) is 0 Å². The van der Waals surface area contributed by atoms with Gasteiger partial charge in [0.1, 0.15) is 11.2 Å². The number of hydrogen-bond donors (Lipinski definition) is 0. The lowest BCUT2D eigenvalue weighted by atomic mass is 9.92. The Bertz CT molecular complexity index is 2920. The van der Waals surface area contributed by atoms with Crippen molar-refractivity contribution in [2.45, 2.75) is 0 Å². The number of benzene rings is 9. The summed E-state index contributed by atoms with van der Waals surface area (Å²) >= 11 is 0. The van der Waals surface area contributed by atoms with Crippen molar-refractivity contribution >= 4 is 49.8 Å². The molecular weight excluding hydrogens is 655 g/mol. The van der Waals surface area contributed by atoms with E-state index in [-0.39, 0.29) is 0 Å². The Morgan fingerprint density at radius 1 is 0.315 bits per heavy atom. The highest BCUT2D eigenvalue weighted by Crippen LogP contribution is 2.49. The fourth-order valence-electron chi connectivity index (χ4n) is 7.99. The molecule has 10 aromatic rings. The van der Waals surface area contributed by atoms with Gasteiger partial charge in [-0.15, -0.1) is 0 Å². The zero-order valence-corrected chi connectivity index (χ0v) is 29.6. The molecule has 1 heterocycles. The van der Waals surface area contributed by atoms with Crippen LogP contribution in [0.15, 0.2) is 217 Å². The maximum absolute atomic E-state index is 6.89. The van der Waals surface area contributed by atoms with Gasteiger partial charge < -0.3 is 9.32 Å². The predicted octanol–water partition coefficient (Wildman–Crippen LogP) is 14.9. The average Bonchev–Trinajstić information content (AvgIpc) is 3.65. The second-order valence-electron chi connectivity index (χ2n) is 13.6. The molecule has 0 aliphatic carbocycles. The van der Waals surface area contributed by atoms with Gasteiger partial charge in [0.15, 0.2) is 0 Å². The third-order valence-corrected chi connectivity index (χ3v) is 10.5. The molecule has 10 rings (SSSR count). The highest BCUT2D eigenvalue weighted by atomic mass is 16.3. The van der Waals surface area contributed by atoms with Crippen molar-refractivity contribution in [3.63, 3.8) is 0 Å². The van der Waals surface area contributed by atoms with Crippen molar-refractivity contribution in [3.8, 4) is 44.5 Å². The molecular formula is C52H35NO. The molecule has 0 fully saturated rings. The number of para-hydroxylation sites is 2. The Morgan fingerprint density at radius 3 is 1.69 bits per heavy atom. The zero-order chi connectivity index (χ0) is 35.8. The molecule has 0 saturated heterocycles. The summed E-state index contributed by atoms with van der Waals surface area (Å²) < 4.78 is 6.89. The topological polar surface area (TPSA) is 16.4 Å². The SMILES string of the molecule is c1ccc(-c2ccc(N(c3ccccc3-c3ccccc3-c3ccccc3)c3ccc(-c4cccc5ccccc45)c4oc5ccccc5c34)cc2)cc1. The van der Waals surface area contributed by atoms with Gasteiger partial charge in [0.2, 0.25) is 0 Å². The lowest BCUT2D eigenvalue weighted by Gasteiger charge is -2.29. The predicted molar refractivity (Wildman–Crippen MR) is 228 cm³/mol. The smallest absolute Gasteiger partial charge is 0.145 e. The van der Waals surface area contributed by atoms with Gasteiger partial charge in [-0.05, 0) is 80.6 Å². The standard InChI is InChI=1S/C52H35NO/c1-3-16-36(17-4-1)37-30-32-40(33-31-37)53(48-28-13-11-25-45(48)43-24-10-9-23-41(43)38-18-5-2-6-19-38)49-35-34-46(44-27-15-21-39-20-7-8-22-42(39)44)52-51(49)47-26-12-14-29-50(47)54-52/h1-35H. The third kappa shape index (κ3) is 5.44. The first-order chi connectivity index (χ1) is 26.8. The third-order valence-electron chi connectivity index (χ3n) is 10.5. The summed E-state index contributed by atoms with van der Waals surface area (Å²) in [6, 6.07) is 75.8. The van der Waals surface area contributed by atoms with Crippen LogP contribution in [-0.2, 0) is 0 Å². The van der Waals surface area contributed by atoms with Gasteiger partial charge in [-0.2, -0.15) is 0 Å². The molecule has 2 nitrogen and oxygen atoms in total. The summed E-state index contributed by atoms with van der Waals surface area (Å²) in [5.41, 5.74) is 14.2. The van der Waals surface area contributed by atoms with Crippen LogP contribution in [0.4, 0.5) is 17.1 Å².